The zero-order chi connectivity index (χ0) is 15.2. The minimum Gasteiger partial charge on any atom is -0.313 e. The highest BCUT2D eigenvalue weighted by Crippen LogP contribution is 2.26. The number of nitrogens with zero attached hydrogens (tertiary/aromatic N) is 1. The number of rotatable bonds is 8. The topological polar surface area (TPSA) is 49.4 Å². The summed E-state index contributed by atoms with van der Waals surface area (Å²) in [5, 5.41) is 3.30. The first-order valence-corrected chi connectivity index (χ1v) is 9.19. The third kappa shape index (κ3) is 4.28. The summed E-state index contributed by atoms with van der Waals surface area (Å²) >= 11 is 3.39. The summed E-state index contributed by atoms with van der Waals surface area (Å²) in [7, 11) is -3.41. The van der Waals surface area contributed by atoms with Gasteiger partial charge < -0.3 is 5.32 Å². The Morgan fingerprint density at radius 3 is 2.35 bits per heavy atom. The molecule has 0 atom stereocenters. The fourth-order valence-corrected chi connectivity index (χ4v) is 4.52. The summed E-state index contributed by atoms with van der Waals surface area (Å²) < 4.78 is 27.0. The van der Waals surface area contributed by atoms with Gasteiger partial charge in [-0.3, -0.25) is 0 Å². The molecule has 0 radical (unpaired) electrons. The van der Waals surface area contributed by atoms with E-state index in [0.29, 0.717) is 22.5 Å². The maximum Gasteiger partial charge on any atom is 0.244 e. The summed E-state index contributed by atoms with van der Waals surface area (Å²) in [4.78, 5) is 0.334. The molecule has 0 bridgehead atoms. The lowest BCUT2D eigenvalue weighted by atomic mass is 10.2. The van der Waals surface area contributed by atoms with Gasteiger partial charge in [0.05, 0.1) is 4.90 Å². The Bertz CT molecular complexity index is 528. The molecular formula is C14H23BrN2O2S. The van der Waals surface area contributed by atoms with Crippen LogP contribution in [0.3, 0.4) is 0 Å². The predicted octanol–water partition coefficient (Wildman–Crippen LogP) is 2.98. The molecule has 1 aromatic rings. The minimum atomic E-state index is -3.41. The van der Waals surface area contributed by atoms with Crippen molar-refractivity contribution in [2.45, 2.75) is 38.6 Å². The number of benzene rings is 1. The van der Waals surface area contributed by atoms with Crippen LogP contribution in [0.2, 0.25) is 0 Å². The smallest absolute Gasteiger partial charge is 0.244 e. The minimum absolute atomic E-state index is 0.334. The third-order valence-electron chi connectivity index (χ3n) is 3.08. The molecule has 0 aliphatic heterocycles. The van der Waals surface area contributed by atoms with Gasteiger partial charge in [-0.25, -0.2) is 8.42 Å². The van der Waals surface area contributed by atoms with Gasteiger partial charge in [0.25, 0.3) is 0 Å². The molecule has 0 unspecified atom stereocenters. The van der Waals surface area contributed by atoms with Gasteiger partial charge in [-0.2, -0.15) is 4.31 Å². The number of halogens is 1. The Kier molecular flexibility index (Phi) is 7.15. The molecule has 1 rings (SSSR count). The lowest BCUT2D eigenvalue weighted by molar-refractivity contribution is 0.445. The van der Waals surface area contributed by atoms with Crippen molar-refractivity contribution >= 4 is 26.0 Å². The second kappa shape index (κ2) is 8.12. The summed E-state index contributed by atoms with van der Waals surface area (Å²) in [6, 6.07) is 5.42. The van der Waals surface area contributed by atoms with E-state index in [-0.39, 0.29) is 0 Å². The van der Waals surface area contributed by atoms with Crippen molar-refractivity contribution in [1.29, 1.82) is 0 Å². The van der Waals surface area contributed by atoms with Gasteiger partial charge in [0.1, 0.15) is 0 Å². The van der Waals surface area contributed by atoms with E-state index < -0.39 is 10.0 Å². The molecule has 0 aromatic heterocycles. The fraction of sp³-hybridized carbons (Fsp3) is 0.571. The largest absolute Gasteiger partial charge is 0.313 e. The van der Waals surface area contributed by atoms with Crippen LogP contribution in [-0.4, -0.2) is 32.4 Å². The Hall–Kier alpha value is -0.430. The van der Waals surface area contributed by atoms with E-state index in [0.717, 1.165) is 25.1 Å². The number of hydrogen-bond donors (Lipinski definition) is 1. The van der Waals surface area contributed by atoms with Gasteiger partial charge >= 0.3 is 0 Å². The van der Waals surface area contributed by atoms with Crippen molar-refractivity contribution in [2.24, 2.45) is 0 Å². The second-order valence-corrected chi connectivity index (χ2v) is 7.29. The molecule has 0 spiro atoms. The molecule has 0 amide bonds. The van der Waals surface area contributed by atoms with Crippen LogP contribution < -0.4 is 5.32 Å². The Morgan fingerprint density at radius 1 is 1.20 bits per heavy atom. The standard InChI is InChI=1S/C14H23BrN2O2S/c1-4-9-16-11-12-7-8-14(13(15)10-12)20(18,19)17(5-2)6-3/h7-8,10,16H,4-6,9,11H2,1-3H3. The Labute approximate surface area is 130 Å². The molecule has 1 N–H and O–H groups in total. The van der Waals surface area contributed by atoms with E-state index in [1.165, 1.54) is 4.31 Å². The molecule has 20 heavy (non-hydrogen) atoms. The molecule has 114 valence electrons. The molecule has 4 nitrogen and oxygen atoms in total. The average Bonchev–Trinajstić information content (AvgIpc) is 2.40. The molecule has 1 aromatic carbocycles. The monoisotopic (exact) mass is 362 g/mol. The van der Waals surface area contributed by atoms with Crippen molar-refractivity contribution in [2.75, 3.05) is 19.6 Å². The van der Waals surface area contributed by atoms with E-state index >= 15 is 0 Å². The van der Waals surface area contributed by atoms with Crippen LogP contribution in [0.15, 0.2) is 27.6 Å². The maximum absolute atomic E-state index is 12.5. The Morgan fingerprint density at radius 2 is 1.85 bits per heavy atom. The van der Waals surface area contributed by atoms with Gasteiger partial charge in [0, 0.05) is 24.1 Å². The van der Waals surface area contributed by atoms with E-state index in [2.05, 4.69) is 28.2 Å². The van der Waals surface area contributed by atoms with Gasteiger partial charge in [-0.05, 0) is 46.6 Å². The van der Waals surface area contributed by atoms with Crippen molar-refractivity contribution in [3.63, 3.8) is 0 Å². The lowest BCUT2D eigenvalue weighted by Gasteiger charge is -2.19. The first-order chi connectivity index (χ1) is 9.47. The van der Waals surface area contributed by atoms with Crippen LogP contribution in [0, 0.1) is 0 Å². The molecule has 0 fully saturated rings. The maximum atomic E-state index is 12.5. The molecule has 6 heteroatoms. The first-order valence-electron chi connectivity index (χ1n) is 6.96. The SMILES string of the molecule is CCCNCc1ccc(S(=O)(=O)N(CC)CC)c(Br)c1. The average molecular weight is 363 g/mol. The number of sulfonamides is 1. The summed E-state index contributed by atoms with van der Waals surface area (Å²) in [5.41, 5.74) is 1.07. The zero-order valence-electron chi connectivity index (χ0n) is 12.3. The van der Waals surface area contributed by atoms with Crippen LogP contribution in [-0.2, 0) is 16.6 Å². The lowest BCUT2D eigenvalue weighted by Crippen LogP contribution is -2.30. The number of hydrogen-bond acceptors (Lipinski definition) is 3. The van der Waals surface area contributed by atoms with Gasteiger partial charge in [0.2, 0.25) is 10.0 Å². The van der Waals surface area contributed by atoms with Crippen LogP contribution >= 0.6 is 15.9 Å². The van der Waals surface area contributed by atoms with Crippen LogP contribution in [0.4, 0.5) is 0 Å². The normalized spacial score (nSPS) is 12.1. The van der Waals surface area contributed by atoms with E-state index in [1.807, 2.05) is 26.0 Å². The fourth-order valence-electron chi connectivity index (χ4n) is 1.98. The van der Waals surface area contributed by atoms with Crippen LogP contribution in [0.25, 0.3) is 0 Å². The number of nitrogens with one attached hydrogen (secondary N) is 1. The van der Waals surface area contributed by atoms with E-state index in [1.54, 1.807) is 6.07 Å². The third-order valence-corrected chi connectivity index (χ3v) is 6.10. The van der Waals surface area contributed by atoms with Gasteiger partial charge in [-0.15, -0.1) is 0 Å². The predicted molar refractivity (Wildman–Crippen MR) is 86.2 cm³/mol. The summed E-state index contributed by atoms with van der Waals surface area (Å²) in [6.45, 7) is 8.46. The molecule has 0 heterocycles. The van der Waals surface area contributed by atoms with Crippen molar-refractivity contribution < 1.29 is 8.42 Å². The quantitative estimate of drug-likeness (QED) is 0.723. The van der Waals surface area contributed by atoms with E-state index in [4.69, 9.17) is 0 Å². The van der Waals surface area contributed by atoms with E-state index in [9.17, 15) is 8.42 Å². The van der Waals surface area contributed by atoms with Crippen molar-refractivity contribution in [1.82, 2.24) is 9.62 Å². The molecule has 0 saturated carbocycles. The highest BCUT2D eigenvalue weighted by Gasteiger charge is 2.23. The molecule has 0 aliphatic rings. The van der Waals surface area contributed by atoms with Crippen LogP contribution in [0.1, 0.15) is 32.8 Å². The van der Waals surface area contributed by atoms with Crippen molar-refractivity contribution in [3.05, 3.63) is 28.2 Å². The molecular weight excluding hydrogens is 340 g/mol. The van der Waals surface area contributed by atoms with Gasteiger partial charge in [-0.1, -0.05) is 26.8 Å². The van der Waals surface area contributed by atoms with Crippen molar-refractivity contribution in [3.8, 4) is 0 Å². The molecule has 0 saturated heterocycles. The first kappa shape index (κ1) is 17.6. The van der Waals surface area contributed by atoms with Gasteiger partial charge in [0.15, 0.2) is 0 Å². The highest BCUT2D eigenvalue weighted by atomic mass is 79.9. The summed E-state index contributed by atoms with van der Waals surface area (Å²) in [6.07, 6.45) is 1.08. The van der Waals surface area contributed by atoms with Crippen LogP contribution in [0.5, 0.6) is 0 Å². The zero-order valence-corrected chi connectivity index (χ0v) is 14.7. The molecule has 0 aliphatic carbocycles. The Balaban J connectivity index is 2.98. The summed E-state index contributed by atoms with van der Waals surface area (Å²) in [5.74, 6) is 0. The highest BCUT2D eigenvalue weighted by molar-refractivity contribution is 9.10. The second-order valence-electron chi connectivity index (χ2n) is 4.53.